The molecule has 3 aromatic carbocycles. The van der Waals surface area contributed by atoms with E-state index < -0.39 is 5.97 Å². The molecule has 4 rings (SSSR count). The van der Waals surface area contributed by atoms with Crippen molar-refractivity contribution in [1.82, 2.24) is 5.32 Å². The largest absolute Gasteiger partial charge is 0.452 e. The molecule has 0 spiro atoms. The predicted octanol–water partition coefficient (Wildman–Crippen LogP) is 4.64. The number of rotatable bonds is 8. The molecule has 0 heterocycles. The lowest BCUT2D eigenvalue weighted by atomic mass is 9.88. The van der Waals surface area contributed by atoms with Crippen LogP contribution in [0.15, 0.2) is 77.7 Å². The summed E-state index contributed by atoms with van der Waals surface area (Å²) >= 11 is 1.19. The zero-order chi connectivity index (χ0) is 25.3. The molecule has 3 aromatic rings. The Morgan fingerprint density at radius 3 is 2.67 bits per heavy atom. The average Bonchev–Trinajstić information content (AvgIpc) is 2.91. The molecular formula is C28H25N3O4S. The number of nitrogens with zero attached hydrogens (tertiary/aromatic N) is 1. The minimum absolute atomic E-state index is 0.0582. The highest BCUT2D eigenvalue weighted by Crippen LogP contribution is 2.29. The second kappa shape index (κ2) is 12.0. The van der Waals surface area contributed by atoms with Crippen LogP contribution in [0.4, 0.5) is 5.69 Å². The van der Waals surface area contributed by atoms with Crippen LogP contribution in [0.2, 0.25) is 0 Å². The van der Waals surface area contributed by atoms with E-state index in [2.05, 4.69) is 16.7 Å². The standard InChI is InChI=1S/C28H25N3O4S/c29-16-19-7-5-10-21(15-19)30-27(33)18-36-25-14-4-3-12-23(25)28(34)35-17-26(32)31-24-13-6-9-20-8-1-2-11-22(20)24/h1-5,7-8,10-12,14-15,24H,6,9,13,17-18H2,(H,30,33)(H,31,32). The Balaban J connectivity index is 1.30. The summed E-state index contributed by atoms with van der Waals surface area (Å²) in [5.74, 6) is -1.19. The molecule has 1 atom stereocenters. The number of aryl methyl sites for hydroxylation is 1. The van der Waals surface area contributed by atoms with Gasteiger partial charge in [0, 0.05) is 10.6 Å². The maximum Gasteiger partial charge on any atom is 0.339 e. The van der Waals surface area contributed by atoms with Gasteiger partial charge < -0.3 is 15.4 Å². The van der Waals surface area contributed by atoms with Crippen molar-refractivity contribution in [3.05, 3.63) is 95.1 Å². The molecule has 1 aliphatic rings. The van der Waals surface area contributed by atoms with E-state index in [1.165, 1.54) is 17.3 Å². The Labute approximate surface area is 213 Å². The van der Waals surface area contributed by atoms with E-state index in [-0.39, 0.29) is 35.8 Å². The molecule has 0 aromatic heterocycles. The molecule has 0 radical (unpaired) electrons. The number of amides is 2. The Kier molecular flexibility index (Phi) is 8.37. The predicted molar refractivity (Wildman–Crippen MR) is 137 cm³/mol. The van der Waals surface area contributed by atoms with Crippen molar-refractivity contribution in [3.8, 4) is 6.07 Å². The van der Waals surface area contributed by atoms with Gasteiger partial charge in [0.05, 0.1) is 29.0 Å². The number of fused-ring (bicyclic) bond motifs is 1. The SMILES string of the molecule is N#Cc1cccc(NC(=O)CSc2ccccc2C(=O)OCC(=O)NC2CCCc3ccccc32)c1. The van der Waals surface area contributed by atoms with Crippen molar-refractivity contribution in [2.45, 2.75) is 30.2 Å². The average molecular weight is 500 g/mol. The van der Waals surface area contributed by atoms with Gasteiger partial charge in [0.15, 0.2) is 6.61 Å². The molecule has 8 heteroatoms. The first-order chi connectivity index (χ1) is 17.5. The Hall–Kier alpha value is -4.09. The fraction of sp³-hybridized carbons (Fsp3) is 0.214. The molecule has 182 valence electrons. The number of nitrogens with one attached hydrogen (secondary N) is 2. The van der Waals surface area contributed by atoms with Gasteiger partial charge in [0.25, 0.3) is 5.91 Å². The van der Waals surface area contributed by atoms with Crippen LogP contribution < -0.4 is 10.6 Å². The van der Waals surface area contributed by atoms with Gasteiger partial charge in [-0.25, -0.2) is 4.79 Å². The third kappa shape index (κ3) is 6.52. The maximum atomic E-state index is 12.7. The summed E-state index contributed by atoms with van der Waals surface area (Å²) in [5, 5.41) is 14.7. The first-order valence-corrected chi connectivity index (χ1v) is 12.6. The molecule has 2 amide bonds. The van der Waals surface area contributed by atoms with Crippen LogP contribution in [-0.4, -0.2) is 30.1 Å². The smallest absolute Gasteiger partial charge is 0.339 e. The Morgan fingerprint density at radius 1 is 1.00 bits per heavy atom. The van der Waals surface area contributed by atoms with Gasteiger partial charge in [-0.3, -0.25) is 9.59 Å². The topological polar surface area (TPSA) is 108 Å². The van der Waals surface area contributed by atoms with Crippen molar-refractivity contribution in [2.75, 3.05) is 17.7 Å². The molecule has 0 bridgehead atoms. The van der Waals surface area contributed by atoms with Crippen molar-refractivity contribution in [1.29, 1.82) is 5.26 Å². The number of nitriles is 1. The molecule has 1 aliphatic carbocycles. The van der Waals surface area contributed by atoms with E-state index in [1.807, 2.05) is 24.3 Å². The second-order valence-electron chi connectivity index (χ2n) is 8.31. The number of esters is 1. The van der Waals surface area contributed by atoms with Crippen molar-refractivity contribution in [3.63, 3.8) is 0 Å². The maximum absolute atomic E-state index is 12.7. The van der Waals surface area contributed by atoms with Crippen molar-refractivity contribution in [2.24, 2.45) is 0 Å². The molecule has 7 nitrogen and oxygen atoms in total. The highest BCUT2D eigenvalue weighted by atomic mass is 32.2. The van der Waals surface area contributed by atoms with E-state index in [0.29, 0.717) is 16.1 Å². The van der Waals surface area contributed by atoms with Crippen LogP contribution in [0.5, 0.6) is 0 Å². The number of benzene rings is 3. The number of hydrogen-bond donors (Lipinski definition) is 2. The summed E-state index contributed by atoms with van der Waals surface area (Å²) in [7, 11) is 0. The number of carbonyl (C=O) groups excluding carboxylic acids is 3. The Morgan fingerprint density at radius 2 is 1.81 bits per heavy atom. The van der Waals surface area contributed by atoms with Crippen molar-refractivity contribution < 1.29 is 19.1 Å². The van der Waals surface area contributed by atoms with Crippen LogP contribution >= 0.6 is 11.8 Å². The Bertz CT molecular complexity index is 1320. The van der Waals surface area contributed by atoms with Gasteiger partial charge in [0.1, 0.15) is 0 Å². The molecule has 36 heavy (non-hydrogen) atoms. The highest BCUT2D eigenvalue weighted by Gasteiger charge is 2.22. The third-order valence-corrected chi connectivity index (χ3v) is 6.85. The first-order valence-electron chi connectivity index (χ1n) is 11.6. The van der Waals surface area contributed by atoms with E-state index >= 15 is 0 Å². The van der Waals surface area contributed by atoms with Gasteiger partial charge in [-0.15, -0.1) is 11.8 Å². The molecular weight excluding hydrogens is 474 g/mol. The number of carbonyl (C=O) groups is 3. The third-order valence-electron chi connectivity index (χ3n) is 5.78. The van der Waals surface area contributed by atoms with Crippen LogP contribution in [-0.2, 0) is 20.7 Å². The van der Waals surface area contributed by atoms with Gasteiger partial charge in [-0.05, 0) is 60.7 Å². The lowest BCUT2D eigenvalue weighted by molar-refractivity contribution is -0.125. The lowest BCUT2D eigenvalue weighted by Gasteiger charge is -2.26. The highest BCUT2D eigenvalue weighted by molar-refractivity contribution is 8.00. The second-order valence-corrected chi connectivity index (χ2v) is 9.33. The number of anilines is 1. The summed E-state index contributed by atoms with van der Waals surface area (Å²) in [5.41, 5.74) is 3.61. The van der Waals surface area contributed by atoms with Crippen LogP contribution in [0, 0.1) is 11.3 Å². The fourth-order valence-corrected chi connectivity index (χ4v) is 4.96. The fourth-order valence-electron chi connectivity index (χ4n) is 4.12. The summed E-state index contributed by atoms with van der Waals surface area (Å²) in [6.07, 6.45) is 2.83. The van der Waals surface area contributed by atoms with E-state index in [9.17, 15) is 14.4 Å². The lowest BCUT2D eigenvalue weighted by Crippen LogP contribution is -2.34. The minimum Gasteiger partial charge on any atom is -0.452 e. The molecule has 0 aliphatic heterocycles. The van der Waals surface area contributed by atoms with E-state index in [1.54, 1.807) is 48.5 Å². The van der Waals surface area contributed by atoms with E-state index in [4.69, 9.17) is 10.00 Å². The van der Waals surface area contributed by atoms with E-state index in [0.717, 1.165) is 24.8 Å². The first kappa shape index (κ1) is 25.0. The monoisotopic (exact) mass is 499 g/mol. The number of thioether (sulfide) groups is 1. The molecule has 0 saturated heterocycles. The number of hydrogen-bond acceptors (Lipinski definition) is 6. The van der Waals surface area contributed by atoms with Gasteiger partial charge in [-0.1, -0.05) is 42.5 Å². The van der Waals surface area contributed by atoms with Crippen LogP contribution in [0.25, 0.3) is 0 Å². The molecule has 0 fully saturated rings. The molecule has 1 unspecified atom stereocenters. The minimum atomic E-state index is -0.626. The summed E-state index contributed by atoms with van der Waals surface area (Å²) < 4.78 is 5.29. The van der Waals surface area contributed by atoms with Crippen molar-refractivity contribution >= 4 is 35.2 Å². The normalized spacial score (nSPS) is 14.1. The molecule has 0 saturated carbocycles. The van der Waals surface area contributed by atoms with Gasteiger partial charge in [-0.2, -0.15) is 5.26 Å². The van der Waals surface area contributed by atoms with Gasteiger partial charge >= 0.3 is 5.97 Å². The van der Waals surface area contributed by atoms with Crippen LogP contribution in [0.3, 0.4) is 0 Å². The summed E-state index contributed by atoms with van der Waals surface area (Å²) in [4.78, 5) is 38.2. The summed E-state index contributed by atoms with van der Waals surface area (Å²) in [6.45, 7) is -0.383. The number of ether oxygens (including phenoxy) is 1. The quantitative estimate of drug-likeness (QED) is 0.345. The van der Waals surface area contributed by atoms with Gasteiger partial charge in [0.2, 0.25) is 5.91 Å². The summed E-state index contributed by atoms with van der Waals surface area (Å²) in [6, 6.07) is 23.4. The van der Waals surface area contributed by atoms with Crippen LogP contribution in [0.1, 0.15) is 45.9 Å². The zero-order valence-corrected chi connectivity index (χ0v) is 20.3. The molecule has 2 N–H and O–H groups in total. The zero-order valence-electron chi connectivity index (χ0n) is 19.5.